The van der Waals surface area contributed by atoms with Crippen molar-refractivity contribution in [2.75, 3.05) is 25.1 Å². The molecule has 0 unspecified atom stereocenters. The van der Waals surface area contributed by atoms with Crippen molar-refractivity contribution in [2.45, 2.75) is 52.7 Å². The quantitative estimate of drug-likeness (QED) is 0.408. The molecule has 0 bridgehead atoms. The van der Waals surface area contributed by atoms with Crippen LogP contribution in [0, 0.1) is 12.8 Å². The van der Waals surface area contributed by atoms with Crippen LogP contribution in [-0.2, 0) is 18.0 Å². The lowest BCUT2D eigenvalue weighted by Gasteiger charge is -2.27. The molecule has 172 valence electrons. The third-order valence-electron chi connectivity index (χ3n) is 6.28. The number of aromatic nitrogens is 3. The molecule has 3 aromatic rings. The van der Waals surface area contributed by atoms with Crippen LogP contribution in [0.4, 0.5) is 5.82 Å². The Hall–Kier alpha value is -2.02. The highest BCUT2D eigenvalue weighted by atomic mass is 35.5. The summed E-state index contributed by atoms with van der Waals surface area (Å²) in [6.07, 6.45) is 4.96. The van der Waals surface area contributed by atoms with Crippen molar-refractivity contribution < 1.29 is 9.47 Å². The van der Waals surface area contributed by atoms with Gasteiger partial charge in [-0.05, 0) is 50.3 Å². The van der Waals surface area contributed by atoms with Gasteiger partial charge in [-0.2, -0.15) is 9.61 Å². The van der Waals surface area contributed by atoms with E-state index in [-0.39, 0.29) is 12.4 Å². The molecular formula is C24H30Cl2N4O2. The predicted molar refractivity (Wildman–Crippen MR) is 130 cm³/mol. The summed E-state index contributed by atoms with van der Waals surface area (Å²) in [4.78, 5) is 7.54. The number of aryl methyl sites for hydroxylation is 1. The number of ether oxygens (including phenoxy) is 2. The number of unbranched alkanes of at least 4 members (excludes halogenated alkanes) is 1. The second-order valence-corrected chi connectivity index (χ2v) is 9.05. The number of anilines is 1. The predicted octanol–water partition coefficient (Wildman–Crippen LogP) is 5.84. The van der Waals surface area contributed by atoms with Gasteiger partial charge >= 0.3 is 0 Å². The lowest BCUT2D eigenvalue weighted by Crippen LogP contribution is -2.30. The highest BCUT2D eigenvalue weighted by Crippen LogP contribution is 2.40. The van der Waals surface area contributed by atoms with E-state index in [1.54, 1.807) is 7.11 Å². The molecule has 1 aromatic carbocycles. The molecule has 2 aromatic heterocycles. The van der Waals surface area contributed by atoms with Crippen molar-refractivity contribution in [3.8, 4) is 16.9 Å². The SMILES string of the molecule is CCCCN(CC1CC1)c1c2c(nc3c(-c4ccc(OC)cc4Cl)c(C)nn13)COC2.Cl. The van der Waals surface area contributed by atoms with Gasteiger partial charge in [-0.25, -0.2) is 4.98 Å². The standard InChI is InChI=1S/C24H29ClN4O2.ClH/c1-4-5-10-28(12-16-6-7-16)24-19-13-31-14-21(19)26-23-22(15(2)27-29(23)24)18-9-8-17(30-3)11-20(18)25;/h8-9,11,16H,4-7,10,12-14H2,1-3H3;1H. The molecule has 5 rings (SSSR count). The monoisotopic (exact) mass is 476 g/mol. The van der Waals surface area contributed by atoms with Crippen LogP contribution >= 0.6 is 24.0 Å². The molecule has 32 heavy (non-hydrogen) atoms. The zero-order valence-corrected chi connectivity index (χ0v) is 20.4. The normalized spacial score (nSPS) is 15.0. The number of nitrogens with zero attached hydrogens (tertiary/aromatic N) is 4. The van der Waals surface area contributed by atoms with Crippen LogP contribution in [0.1, 0.15) is 49.6 Å². The fraction of sp³-hybridized carbons (Fsp3) is 0.500. The van der Waals surface area contributed by atoms with Crippen LogP contribution < -0.4 is 9.64 Å². The Balaban J connectivity index is 0.00000245. The summed E-state index contributed by atoms with van der Waals surface area (Å²) < 4.78 is 13.2. The van der Waals surface area contributed by atoms with Crippen LogP contribution in [0.2, 0.25) is 5.02 Å². The summed E-state index contributed by atoms with van der Waals surface area (Å²) in [7, 11) is 1.65. The molecule has 0 amide bonds. The lowest BCUT2D eigenvalue weighted by atomic mass is 10.1. The molecule has 3 heterocycles. The van der Waals surface area contributed by atoms with E-state index >= 15 is 0 Å². The largest absolute Gasteiger partial charge is 0.497 e. The summed E-state index contributed by atoms with van der Waals surface area (Å²) in [6.45, 7) is 7.52. The molecule has 1 fully saturated rings. The van der Waals surface area contributed by atoms with Crippen LogP contribution in [0.3, 0.4) is 0 Å². The number of methoxy groups -OCH3 is 1. The first-order valence-corrected chi connectivity index (χ1v) is 11.6. The van der Waals surface area contributed by atoms with Gasteiger partial charge in [0.1, 0.15) is 11.6 Å². The Kier molecular flexibility index (Phi) is 6.84. The second kappa shape index (κ2) is 9.46. The van der Waals surface area contributed by atoms with Crippen molar-refractivity contribution in [3.05, 3.63) is 40.2 Å². The second-order valence-electron chi connectivity index (χ2n) is 8.64. The van der Waals surface area contributed by atoms with Crippen molar-refractivity contribution in [1.82, 2.24) is 14.6 Å². The molecule has 0 spiro atoms. The minimum Gasteiger partial charge on any atom is -0.497 e. The topological polar surface area (TPSA) is 51.9 Å². The van der Waals surface area contributed by atoms with E-state index in [2.05, 4.69) is 11.8 Å². The molecule has 1 aliphatic heterocycles. The summed E-state index contributed by atoms with van der Waals surface area (Å²) in [5, 5.41) is 5.61. The van der Waals surface area contributed by atoms with Crippen LogP contribution in [0.5, 0.6) is 5.75 Å². The van der Waals surface area contributed by atoms with E-state index in [0.29, 0.717) is 18.2 Å². The fourth-order valence-corrected chi connectivity index (χ4v) is 4.71. The molecule has 8 heteroatoms. The molecule has 6 nitrogen and oxygen atoms in total. The molecule has 2 aliphatic rings. The fourth-order valence-electron chi connectivity index (χ4n) is 4.45. The molecule has 1 saturated carbocycles. The highest BCUT2D eigenvalue weighted by Gasteiger charge is 2.31. The van der Waals surface area contributed by atoms with E-state index < -0.39 is 0 Å². The summed E-state index contributed by atoms with van der Waals surface area (Å²) in [5.74, 6) is 2.67. The zero-order chi connectivity index (χ0) is 21.5. The maximum absolute atomic E-state index is 6.66. The third kappa shape index (κ3) is 4.16. The Labute approximate surface area is 200 Å². The van der Waals surface area contributed by atoms with E-state index in [9.17, 15) is 0 Å². The van der Waals surface area contributed by atoms with Gasteiger partial charge in [0.25, 0.3) is 0 Å². The average Bonchev–Trinajstić information content (AvgIpc) is 3.36. The Bertz CT molecular complexity index is 1130. The van der Waals surface area contributed by atoms with Gasteiger partial charge in [-0.1, -0.05) is 24.9 Å². The Morgan fingerprint density at radius 1 is 1.28 bits per heavy atom. The van der Waals surface area contributed by atoms with Crippen molar-refractivity contribution >= 4 is 35.5 Å². The first-order valence-electron chi connectivity index (χ1n) is 11.2. The van der Waals surface area contributed by atoms with Crippen LogP contribution in [-0.4, -0.2) is 34.8 Å². The van der Waals surface area contributed by atoms with E-state index in [1.807, 2.05) is 29.6 Å². The minimum atomic E-state index is 0. The number of benzene rings is 1. The zero-order valence-electron chi connectivity index (χ0n) is 18.9. The van der Waals surface area contributed by atoms with Crippen molar-refractivity contribution in [1.29, 1.82) is 0 Å². The van der Waals surface area contributed by atoms with Gasteiger partial charge in [-0.15, -0.1) is 12.4 Å². The number of hydrogen-bond acceptors (Lipinski definition) is 5. The van der Waals surface area contributed by atoms with E-state index in [1.165, 1.54) is 24.8 Å². The summed E-state index contributed by atoms with van der Waals surface area (Å²) >= 11 is 6.66. The van der Waals surface area contributed by atoms with Gasteiger partial charge in [-0.3, -0.25) is 0 Å². The van der Waals surface area contributed by atoms with Crippen LogP contribution in [0.15, 0.2) is 18.2 Å². The smallest absolute Gasteiger partial charge is 0.165 e. The number of hydrogen-bond donors (Lipinski definition) is 0. The summed E-state index contributed by atoms with van der Waals surface area (Å²) in [6, 6.07) is 5.77. The number of fused-ring (bicyclic) bond motifs is 2. The molecule has 1 aliphatic carbocycles. The third-order valence-corrected chi connectivity index (χ3v) is 6.60. The molecule has 0 N–H and O–H groups in total. The van der Waals surface area contributed by atoms with Gasteiger partial charge in [0, 0.05) is 24.2 Å². The Morgan fingerprint density at radius 3 is 2.78 bits per heavy atom. The maximum atomic E-state index is 6.66. The Morgan fingerprint density at radius 2 is 2.09 bits per heavy atom. The number of halogens is 2. The van der Waals surface area contributed by atoms with Gasteiger partial charge in [0.15, 0.2) is 5.65 Å². The van der Waals surface area contributed by atoms with E-state index in [0.717, 1.165) is 65.2 Å². The molecular weight excluding hydrogens is 447 g/mol. The summed E-state index contributed by atoms with van der Waals surface area (Å²) in [5.41, 5.74) is 5.87. The average molecular weight is 477 g/mol. The van der Waals surface area contributed by atoms with Crippen molar-refractivity contribution in [3.63, 3.8) is 0 Å². The van der Waals surface area contributed by atoms with Crippen LogP contribution in [0.25, 0.3) is 16.8 Å². The molecule has 0 saturated heterocycles. The van der Waals surface area contributed by atoms with Gasteiger partial charge < -0.3 is 14.4 Å². The highest BCUT2D eigenvalue weighted by molar-refractivity contribution is 6.33. The molecule has 0 atom stereocenters. The minimum absolute atomic E-state index is 0. The first-order chi connectivity index (χ1) is 15.1. The van der Waals surface area contributed by atoms with Gasteiger partial charge in [0.05, 0.1) is 42.3 Å². The maximum Gasteiger partial charge on any atom is 0.165 e. The van der Waals surface area contributed by atoms with Gasteiger partial charge in [0.2, 0.25) is 0 Å². The van der Waals surface area contributed by atoms with E-state index in [4.69, 9.17) is 31.2 Å². The number of rotatable bonds is 8. The molecule has 0 radical (unpaired) electrons. The lowest BCUT2D eigenvalue weighted by molar-refractivity contribution is 0.133. The van der Waals surface area contributed by atoms with Crippen molar-refractivity contribution in [2.24, 2.45) is 5.92 Å². The first kappa shape index (κ1) is 23.1.